The average molecular weight is 267 g/mol. The number of hydrogen-bond donors (Lipinski definition) is 7. The summed E-state index contributed by atoms with van der Waals surface area (Å²) in [6.07, 6.45) is -8.32. The highest BCUT2D eigenvalue weighted by atomic mass is 16.6. The first-order chi connectivity index (χ1) is 8.29. The molecule has 0 bridgehead atoms. The third-order valence-electron chi connectivity index (χ3n) is 3.03. The van der Waals surface area contributed by atoms with Crippen LogP contribution in [0.25, 0.3) is 0 Å². The predicted molar refractivity (Wildman–Crippen MR) is 55.0 cm³/mol. The van der Waals surface area contributed by atoms with Gasteiger partial charge in [0.05, 0.1) is 13.2 Å². The zero-order valence-corrected chi connectivity index (χ0v) is 9.38. The van der Waals surface area contributed by atoms with Crippen LogP contribution in [0.1, 0.15) is 0 Å². The molecule has 0 aliphatic carbocycles. The Kier molecular flexibility index (Phi) is 4.61. The van der Waals surface area contributed by atoms with Crippen molar-refractivity contribution in [3.63, 3.8) is 0 Å². The zero-order chi connectivity index (χ0) is 14.1. The maximum atomic E-state index is 11.1. The van der Waals surface area contributed by atoms with E-state index in [1.165, 1.54) is 0 Å². The molecular formula is C9H17NO8. The van der Waals surface area contributed by atoms with Gasteiger partial charge in [0.2, 0.25) is 0 Å². The summed E-state index contributed by atoms with van der Waals surface area (Å²) in [7, 11) is 0. The fourth-order valence-electron chi connectivity index (χ4n) is 1.80. The van der Waals surface area contributed by atoms with Crippen molar-refractivity contribution < 1.29 is 40.2 Å². The Balaban J connectivity index is 3.04. The molecule has 1 aliphatic rings. The second-order valence-corrected chi connectivity index (χ2v) is 4.20. The molecule has 1 fully saturated rings. The van der Waals surface area contributed by atoms with Crippen molar-refractivity contribution in [1.29, 1.82) is 0 Å². The molecular weight excluding hydrogens is 250 g/mol. The SMILES string of the molecule is NC(=O)C(O)(CO)[C@@H]1O[C@H](CO)[C@@H](O)[C@H](O)[C@@H]1O. The van der Waals surface area contributed by atoms with Crippen LogP contribution in [0.4, 0.5) is 0 Å². The highest BCUT2D eigenvalue weighted by Crippen LogP contribution is 2.28. The first-order valence-electron chi connectivity index (χ1n) is 5.23. The molecule has 9 nitrogen and oxygen atoms in total. The van der Waals surface area contributed by atoms with Gasteiger partial charge in [-0.25, -0.2) is 0 Å². The molecule has 0 saturated carbocycles. The summed E-state index contributed by atoms with van der Waals surface area (Å²) in [5.41, 5.74) is 2.26. The molecule has 106 valence electrons. The Morgan fingerprint density at radius 3 is 2.11 bits per heavy atom. The van der Waals surface area contributed by atoms with Crippen LogP contribution in [0.5, 0.6) is 0 Å². The van der Waals surface area contributed by atoms with Gasteiger partial charge in [0.25, 0.3) is 5.91 Å². The largest absolute Gasteiger partial charge is 0.394 e. The van der Waals surface area contributed by atoms with E-state index in [1.54, 1.807) is 0 Å². The minimum atomic E-state index is -2.63. The molecule has 8 N–H and O–H groups in total. The number of primary amides is 1. The lowest BCUT2D eigenvalue weighted by atomic mass is 9.85. The number of aliphatic hydroxyl groups excluding tert-OH is 5. The van der Waals surface area contributed by atoms with E-state index in [9.17, 15) is 25.2 Å². The second kappa shape index (κ2) is 5.45. The van der Waals surface area contributed by atoms with Crippen LogP contribution in [0.3, 0.4) is 0 Å². The van der Waals surface area contributed by atoms with Gasteiger partial charge in [-0.15, -0.1) is 0 Å². The van der Waals surface area contributed by atoms with Crippen LogP contribution in [0.15, 0.2) is 0 Å². The summed E-state index contributed by atoms with van der Waals surface area (Å²) in [6.45, 7) is -1.87. The molecule has 6 atom stereocenters. The van der Waals surface area contributed by atoms with E-state index in [4.69, 9.17) is 20.7 Å². The Labute approximate surface area is 102 Å². The van der Waals surface area contributed by atoms with E-state index in [2.05, 4.69) is 0 Å². The van der Waals surface area contributed by atoms with Crippen molar-refractivity contribution in [3.8, 4) is 0 Å². The van der Waals surface area contributed by atoms with Crippen molar-refractivity contribution in [3.05, 3.63) is 0 Å². The quantitative estimate of drug-likeness (QED) is 0.265. The molecule has 1 amide bonds. The van der Waals surface area contributed by atoms with Gasteiger partial charge in [-0.3, -0.25) is 4.79 Å². The van der Waals surface area contributed by atoms with Crippen molar-refractivity contribution >= 4 is 5.91 Å². The first kappa shape index (κ1) is 15.2. The van der Waals surface area contributed by atoms with Crippen molar-refractivity contribution in [1.82, 2.24) is 0 Å². The number of aliphatic hydroxyl groups is 6. The molecule has 18 heavy (non-hydrogen) atoms. The number of carbonyl (C=O) groups is 1. The van der Waals surface area contributed by atoms with Crippen molar-refractivity contribution in [2.45, 2.75) is 36.1 Å². The van der Waals surface area contributed by atoms with Crippen LogP contribution >= 0.6 is 0 Å². The fraction of sp³-hybridized carbons (Fsp3) is 0.889. The van der Waals surface area contributed by atoms with Crippen LogP contribution in [-0.2, 0) is 9.53 Å². The van der Waals surface area contributed by atoms with Gasteiger partial charge in [0.15, 0.2) is 5.60 Å². The van der Waals surface area contributed by atoms with Crippen LogP contribution < -0.4 is 5.73 Å². The molecule has 0 aromatic rings. The Bertz CT molecular complexity index is 311. The normalized spacial score (nSPS) is 40.2. The van der Waals surface area contributed by atoms with Crippen LogP contribution in [-0.4, -0.2) is 85.9 Å². The highest BCUT2D eigenvalue weighted by Gasteiger charge is 2.54. The standard InChI is InChI=1S/C9H17NO8/c10-8(16)9(17,2-12)7-6(15)5(14)4(13)3(1-11)18-7/h3-7,11-15,17H,1-2H2,(H2,10,16)/t3-,4-,5+,6+,7-,9?/m1/s1. The molecule has 0 spiro atoms. The molecule has 1 unspecified atom stereocenters. The molecule has 1 aliphatic heterocycles. The maximum absolute atomic E-state index is 11.1. The predicted octanol–water partition coefficient (Wildman–Crippen LogP) is -4.96. The highest BCUT2D eigenvalue weighted by molar-refractivity contribution is 5.84. The van der Waals surface area contributed by atoms with Gasteiger partial charge in [-0.05, 0) is 0 Å². The smallest absolute Gasteiger partial charge is 0.254 e. The van der Waals surface area contributed by atoms with Gasteiger partial charge in [-0.2, -0.15) is 0 Å². The monoisotopic (exact) mass is 267 g/mol. The number of rotatable bonds is 4. The third-order valence-corrected chi connectivity index (χ3v) is 3.03. The molecule has 1 saturated heterocycles. The number of hydrogen-bond acceptors (Lipinski definition) is 8. The molecule has 1 heterocycles. The second-order valence-electron chi connectivity index (χ2n) is 4.20. The van der Waals surface area contributed by atoms with Crippen molar-refractivity contribution in [2.75, 3.05) is 13.2 Å². The Morgan fingerprint density at radius 2 is 1.72 bits per heavy atom. The van der Waals surface area contributed by atoms with Gasteiger partial charge < -0.3 is 41.1 Å². The summed E-state index contributed by atoms with van der Waals surface area (Å²) in [5, 5.41) is 56.3. The average Bonchev–Trinajstić information content (AvgIpc) is 2.35. The topological polar surface area (TPSA) is 174 Å². The van der Waals surface area contributed by atoms with Gasteiger partial charge >= 0.3 is 0 Å². The number of ether oxygens (including phenoxy) is 1. The summed E-state index contributed by atoms with van der Waals surface area (Å²) < 4.78 is 4.93. The lowest BCUT2D eigenvalue weighted by Gasteiger charge is -2.44. The molecule has 0 aromatic heterocycles. The van der Waals surface area contributed by atoms with E-state index in [1.807, 2.05) is 0 Å². The first-order valence-corrected chi connectivity index (χ1v) is 5.23. The van der Waals surface area contributed by atoms with Gasteiger partial charge in [0, 0.05) is 0 Å². The van der Waals surface area contributed by atoms with E-state index >= 15 is 0 Å². The molecule has 0 radical (unpaired) electrons. The lowest BCUT2D eigenvalue weighted by Crippen LogP contribution is -2.69. The van der Waals surface area contributed by atoms with Gasteiger partial charge in [-0.1, -0.05) is 0 Å². The molecule has 9 heteroatoms. The zero-order valence-electron chi connectivity index (χ0n) is 9.38. The maximum Gasteiger partial charge on any atom is 0.254 e. The van der Waals surface area contributed by atoms with Crippen LogP contribution in [0, 0.1) is 0 Å². The van der Waals surface area contributed by atoms with Crippen LogP contribution in [0.2, 0.25) is 0 Å². The van der Waals surface area contributed by atoms with Gasteiger partial charge in [0.1, 0.15) is 30.5 Å². The Morgan fingerprint density at radius 1 is 1.17 bits per heavy atom. The summed E-state index contributed by atoms with van der Waals surface area (Å²) in [5.74, 6) is -1.37. The van der Waals surface area contributed by atoms with E-state index in [0.29, 0.717) is 0 Å². The van der Waals surface area contributed by atoms with E-state index < -0.39 is 55.2 Å². The van der Waals surface area contributed by atoms with E-state index in [-0.39, 0.29) is 0 Å². The molecule has 0 aromatic carbocycles. The Hall–Kier alpha value is -0.810. The minimum Gasteiger partial charge on any atom is -0.394 e. The fourth-order valence-corrected chi connectivity index (χ4v) is 1.80. The lowest BCUT2D eigenvalue weighted by molar-refractivity contribution is -0.269. The van der Waals surface area contributed by atoms with Crippen molar-refractivity contribution in [2.24, 2.45) is 5.73 Å². The minimum absolute atomic E-state index is 0.721. The molecule has 1 rings (SSSR count). The number of nitrogens with two attached hydrogens (primary N) is 1. The number of amides is 1. The van der Waals surface area contributed by atoms with E-state index in [0.717, 1.165) is 0 Å². The number of carbonyl (C=O) groups excluding carboxylic acids is 1. The third kappa shape index (κ3) is 2.34. The summed E-state index contributed by atoms with van der Waals surface area (Å²) in [4.78, 5) is 11.1. The summed E-state index contributed by atoms with van der Waals surface area (Å²) >= 11 is 0. The summed E-state index contributed by atoms with van der Waals surface area (Å²) in [6, 6.07) is 0.